The van der Waals surface area contributed by atoms with Crippen LogP contribution < -0.4 is 5.32 Å². The van der Waals surface area contributed by atoms with Crippen LogP contribution in [0.4, 0.5) is 4.79 Å². The van der Waals surface area contributed by atoms with Gasteiger partial charge in [-0.1, -0.05) is 24.6 Å². The number of carbonyl (C=O) groups excluding carboxylic acids is 1. The van der Waals surface area contributed by atoms with E-state index in [2.05, 4.69) is 14.8 Å². The molecule has 0 bridgehead atoms. The molecule has 1 atom stereocenters. The van der Waals surface area contributed by atoms with Gasteiger partial charge in [-0.3, -0.25) is 14.4 Å². The first-order valence-electron chi connectivity index (χ1n) is 8.98. The van der Waals surface area contributed by atoms with E-state index in [0.717, 1.165) is 11.8 Å². The van der Waals surface area contributed by atoms with E-state index >= 15 is 0 Å². The first-order chi connectivity index (χ1) is 13.6. The average molecular weight is 490 g/mol. The molecule has 0 radical (unpaired) electrons. The lowest BCUT2D eigenvalue weighted by molar-refractivity contribution is 0.0564. The highest BCUT2D eigenvalue weighted by molar-refractivity contribution is 8.14. The number of nitrogens with zero attached hydrogens (tertiary/aromatic N) is 1. The minimum absolute atomic E-state index is 0.128. The Balaban J connectivity index is 2.62. The molecule has 174 valence electrons. The summed E-state index contributed by atoms with van der Waals surface area (Å²) in [4.78, 5) is 51.4. The molecule has 1 rings (SSSR count). The number of ether oxygens (including phenoxy) is 1. The van der Waals surface area contributed by atoms with E-state index in [9.17, 15) is 13.9 Å². The van der Waals surface area contributed by atoms with Crippen molar-refractivity contribution in [3.05, 3.63) is 11.8 Å². The summed E-state index contributed by atoms with van der Waals surface area (Å²) in [5.41, 5.74) is -0.131. The number of unbranched alkanes of at least 4 members (excludes halogenated alkanes) is 2. The molecular weight excluding hydrogens is 462 g/mol. The molecular formula is C15H28N2O10P2S. The van der Waals surface area contributed by atoms with E-state index < -0.39 is 33.4 Å². The van der Waals surface area contributed by atoms with Crippen molar-refractivity contribution in [2.24, 2.45) is 4.99 Å². The molecule has 12 nitrogen and oxygen atoms in total. The fourth-order valence-electron chi connectivity index (χ4n) is 2.27. The van der Waals surface area contributed by atoms with Gasteiger partial charge < -0.3 is 24.3 Å². The van der Waals surface area contributed by atoms with Crippen LogP contribution in [0.5, 0.6) is 0 Å². The predicted octanol–water partition coefficient (Wildman–Crippen LogP) is 2.65. The highest BCUT2D eigenvalue weighted by atomic mass is 32.2. The lowest BCUT2D eigenvalue weighted by Gasteiger charge is -2.24. The SMILES string of the molecule is CC(C)(C)OC(=O)NC1=NC=C(C(CCCCCOP(=O)(O)O)OP(=O)(O)O)CS1. The smallest absolute Gasteiger partial charge is 0.444 e. The van der Waals surface area contributed by atoms with Gasteiger partial charge in [0.05, 0.1) is 12.7 Å². The van der Waals surface area contributed by atoms with E-state index in [0.29, 0.717) is 30.6 Å². The molecule has 1 aliphatic heterocycles. The zero-order chi connectivity index (χ0) is 23.0. The molecule has 0 aromatic rings. The second kappa shape index (κ2) is 11.8. The number of thioether (sulfide) groups is 1. The van der Waals surface area contributed by atoms with Gasteiger partial charge in [0.2, 0.25) is 0 Å². The number of hydrogen-bond acceptors (Lipinski definition) is 8. The summed E-state index contributed by atoms with van der Waals surface area (Å²) in [5.74, 6) is 0.292. The maximum absolute atomic E-state index is 11.8. The molecule has 1 aliphatic rings. The third-order valence-electron chi connectivity index (χ3n) is 3.38. The maximum atomic E-state index is 11.8. The summed E-state index contributed by atoms with van der Waals surface area (Å²) >= 11 is 1.16. The molecule has 0 fully saturated rings. The lowest BCUT2D eigenvalue weighted by Crippen LogP contribution is -2.36. The number of alkyl carbamates (subject to hydrolysis) is 1. The van der Waals surface area contributed by atoms with Crippen LogP contribution in [0.15, 0.2) is 16.8 Å². The average Bonchev–Trinajstić information content (AvgIpc) is 2.53. The van der Waals surface area contributed by atoms with Gasteiger partial charge in [0, 0.05) is 12.0 Å². The van der Waals surface area contributed by atoms with E-state index in [1.807, 2.05) is 0 Å². The van der Waals surface area contributed by atoms with Gasteiger partial charge in [0.15, 0.2) is 5.17 Å². The Bertz CT molecular complexity index is 740. The minimum atomic E-state index is -4.75. The molecule has 5 N–H and O–H groups in total. The second-order valence-electron chi connectivity index (χ2n) is 7.31. The third kappa shape index (κ3) is 13.5. The van der Waals surface area contributed by atoms with Crippen molar-refractivity contribution >= 4 is 38.7 Å². The third-order valence-corrected chi connectivity index (χ3v) is 5.39. The molecule has 1 heterocycles. The molecule has 0 aromatic heterocycles. The first-order valence-corrected chi connectivity index (χ1v) is 13.0. The van der Waals surface area contributed by atoms with Gasteiger partial charge in [0.25, 0.3) is 0 Å². The largest absolute Gasteiger partial charge is 0.470 e. The van der Waals surface area contributed by atoms with Gasteiger partial charge >= 0.3 is 21.7 Å². The molecule has 30 heavy (non-hydrogen) atoms. The van der Waals surface area contributed by atoms with Gasteiger partial charge in [0.1, 0.15) is 5.60 Å². The zero-order valence-corrected chi connectivity index (χ0v) is 19.5. The van der Waals surface area contributed by atoms with E-state index in [-0.39, 0.29) is 18.2 Å². The molecule has 0 aromatic carbocycles. The lowest BCUT2D eigenvalue weighted by atomic mass is 10.1. The Morgan fingerprint density at radius 2 is 1.87 bits per heavy atom. The van der Waals surface area contributed by atoms with Crippen LogP contribution in [0.1, 0.15) is 46.5 Å². The predicted molar refractivity (Wildman–Crippen MR) is 111 cm³/mol. The fourth-order valence-corrected chi connectivity index (χ4v) is 4.05. The minimum Gasteiger partial charge on any atom is -0.444 e. The van der Waals surface area contributed by atoms with Crippen LogP contribution in [0.25, 0.3) is 0 Å². The maximum Gasteiger partial charge on any atom is 0.470 e. The number of carbonyl (C=O) groups is 1. The van der Waals surface area contributed by atoms with Crippen molar-refractivity contribution in [3.63, 3.8) is 0 Å². The molecule has 1 unspecified atom stereocenters. The quantitative estimate of drug-likeness (QED) is 0.224. The fraction of sp³-hybridized carbons (Fsp3) is 0.733. The molecule has 1 amide bonds. The number of phosphoric ester groups is 2. The summed E-state index contributed by atoms with van der Waals surface area (Å²) in [5, 5.41) is 2.79. The summed E-state index contributed by atoms with van der Waals surface area (Å²) in [6.45, 7) is 5.05. The van der Waals surface area contributed by atoms with Crippen molar-refractivity contribution in [2.75, 3.05) is 12.4 Å². The normalized spacial score (nSPS) is 16.5. The summed E-state index contributed by atoms with van der Waals surface area (Å²) < 4.78 is 36.2. The van der Waals surface area contributed by atoms with Crippen molar-refractivity contribution < 1.29 is 47.3 Å². The van der Waals surface area contributed by atoms with E-state index in [1.165, 1.54) is 6.20 Å². The van der Waals surface area contributed by atoms with Crippen molar-refractivity contribution in [3.8, 4) is 0 Å². The Kier molecular flexibility index (Phi) is 10.7. The van der Waals surface area contributed by atoms with Crippen LogP contribution in [-0.4, -0.2) is 54.9 Å². The Labute approximate surface area is 178 Å². The van der Waals surface area contributed by atoms with Crippen LogP contribution in [-0.2, 0) is 22.9 Å². The van der Waals surface area contributed by atoms with E-state index in [4.69, 9.17) is 28.8 Å². The first kappa shape index (κ1) is 27.3. The number of hydrogen-bond donors (Lipinski definition) is 5. The number of rotatable bonds is 10. The van der Waals surface area contributed by atoms with Gasteiger partial charge in [-0.2, -0.15) is 0 Å². The zero-order valence-electron chi connectivity index (χ0n) is 16.9. The number of nitrogens with one attached hydrogen (secondary N) is 1. The monoisotopic (exact) mass is 490 g/mol. The highest BCUT2D eigenvalue weighted by Gasteiger charge is 2.27. The Morgan fingerprint density at radius 1 is 1.20 bits per heavy atom. The molecule has 0 aliphatic carbocycles. The molecule has 0 spiro atoms. The summed E-state index contributed by atoms with van der Waals surface area (Å²) in [6.07, 6.45) is 1.45. The van der Waals surface area contributed by atoms with Crippen LogP contribution in [0.2, 0.25) is 0 Å². The van der Waals surface area contributed by atoms with Gasteiger partial charge in [-0.05, 0) is 39.2 Å². The molecule has 15 heteroatoms. The van der Waals surface area contributed by atoms with Crippen LogP contribution >= 0.6 is 27.4 Å². The number of aliphatic imine (C=N–C) groups is 1. The molecule has 0 saturated heterocycles. The van der Waals surface area contributed by atoms with Crippen molar-refractivity contribution in [1.82, 2.24) is 5.32 Å². The van der Waals surface area contributed by atoms with Crippen LogP contribution in [0, 0.1) is 0 Å². The summed E-state index contributed by atoms with van der Waals surface area (Å²) in [6, 6.07) is 0. The van der Waals surface area contributed by atoms with Gasteiger partial charge in [-0.25, -0.2) is 18.9 Å². The standard InChI is InChI=1S/C15H28N2O10P2S/c1-15(2,3)26-14(18)17-13-16-9-11(10-30-13)12(27-29(22,23)24)7-5-4-6-8-25-28(19,20)21/h9,12H,4-8,10H2,1-3H3,(H,16,17,18)(H2,19,20,21)(H2,22,23,24). The highest BCUT2D eigenvalue weighted by Crippen LogP contribution is 2.41. The number of phosphoric acid groups is 2. The second-order valence-corrected chi connectivity index (χ2v) is 10.7. The van der Waals surface area contributed by atoms with Crippen LogP contribution in [0.3, 0.4) is 0 Å². The number of amidine groups is 1. The van der Waals surface area contributed by atoms with Crippen molar-refractivity contribution in [2.45, 2.75) is 58.2 Å². The molecule has 0 saturated carbocycles. The van der Waals surface area contributed by atoms with E-state index in [1.54, 1.807) is 20.8 Å². The van der Waals surface area contributed by atoms with Crippen molar-refractivity contribution in [1.29, 1.82) is 0 Å². The topological polar surface area (TPSA) is 184 Å². The Morgan fingerprint density at radius 3 is 2.37 bits per heavy atom. The summed E-state index contributed by atoms with van der Waals surface area (Å²) in [7, 11) is -9.25. The number of amides is 1. The van der Waals surface area contributed by atoms with Gasteiger partial charge in [-0.15, -0.1) is 0 Å². The Hall–Kier alpha value is -0.750.